The summed E-state index contributed by atoms with van der Waals surface area (Å²) >= 11 is 0. The molecule has 0 fully saturated rings. The minimum atomic E-state index is -0.500. The molecular formula is C18H20N2O5. The fourth-order valence-corrected chi connectivity index (χ4v) is 2.18. The molecule has 25 heavy (non-hydrogen) atoms. The zero-order valence-corrected chi connectivity index (χ0v) is 14.2. The van der Waals surface area contributed by atoms with Crippen molar-refractivity contribution in [2.24, 2.45) is 0 Å². The minimum Gasteiger partial charge on any atom is -0.490 e. The van der Waals surface area contributed by atoms with E-state index in [1.165, 1.54) is 12.1 Å². The maximum Gasteiger partial charge on any atom is 0.271 e. The third-order valence-corrected chi connectivity index (χ3v) is 3.50. The van der Waals surface area contributed by atoms with Crippen molar-refractivity contribution in [2.75, 3.05) is 25.1 Å². The summed E-state index contributed by atoms with van der Waals surface area (Å²) < 4.78 is 10.8. The van der Waals surface area contributed by atoms with Gasteiger partial charge in [0.25, 0.3) is 11.6 Å². The second kappa shape index (κ2) is 8.79. The smallest absolute Gasteiger partial charge is 0.271 e. The normalized spacial score (nSPS) is 10.3. The van der Waals surface area contributed by atoms with Gasteiger partial charge in [0, 0.05) is 18.7 Å². The molecule has 132 valence electrons. The summed E-state index contributed by atoms with van der Waals surface area (Å²) in [4.78, 5) is 23.0. The van der Waals surface area contributed by atoms with E-state index in [1.54, 1.807) is 37.3 Å². The van der Waals surface area contributed by atoms with Crippen LogP contribution in [0.1, 0.15) is 22.8 Å². The number of anilines is 1. The van der Waals surface area contributed by atoms with Crippen LogP contribution < -0.4 is 10.1 Å². The lowest BCUT2D eigenvalue weighted by Gasteiger charge is -2.12. The monoisotopic (exact) mass is 344 g/mol. The number of non-ortho nitro benzene ring substituents is 1. The average molecular weight is 344 g/mol. The molecule has 0 heterocycles. The molecule has 7 heteroatoms. The Hall–Kier alpha value is -2.93. The first kappa shape index (κ1) is 18.4. The molecule has 2 aromatic rings. The van der Waals surface area contributed by atoms with Gasteiger partial charge in [0.1, 0.15) is 12.4 Å². The molecule has 0 atom stereocenters. The van der Waals surface area contributed by atoms with Gasteiger partial charge in [-0.1, -0.05) is 18.2 Å². The Morgan fingerprint density at radius 3 is 2.68 bits per heavy atom. The van der Waals surface area contributed by atoms with E-state index < -0.39 is 10.8 Å². The van der Waals surface area contributed by atoms with Crippen molar-refractivity contribution in [1.82, 2.24) is 0 Å². The zero-order chi connectivity index (χ0) is 18.2. The molecule has 0 aromatic heterocycles. The zero-order valence-electron chi connectivity index (χ0n) is 14.2. The third kappa shape index (κ3) is 5.02. The van der Waals surface area contributed by atoms with E-state index in [1.807, 2.05) is 6.92 Å². The van der Waals surface area contributed by atoms with E-state index in [2.05, 4.69) is 5.32 Å². The number of nitro benzene ring substituents is 1. The second-order valence-electron chi connectivity index (χ2n) is 5.25. The first-order valence-electron chi connectivity index (χ1n) is 7.89. The number of nitrogens with zero attached hydrogens (tertiary/aromatic N) is 1. The van der Waals surface area contributed by atoms with Crippen LogP contribution in [0.25, 0.3) is 0 Å². The number of amides is 1. The van der Waals surface area contributed by atoms with Gasteiger partial charge in [0.15, 0.2) is 0 Å². The first-order valence-corrected chi connectivity index (χ1v) is 7.89. The lowest BCUT2D eigenvalue weighted by atomic mass is 10.1. The number of hydrogen-bond acceptors (Lipinski definition) is 5. The summed E-state index contributed by atoms with van der Waals surface area (Å²) in [5, 5.41) is 13.6. The molecule has 0 saturated heterocycles. The Balaban J connectivity index is 2.16. The quantitative estimate of drug-likeness (QED) is 0.449. The van der Waals surface area contributed by atoms with E-state index in [9.17, 15) is 14.9 Å². The molecule has 0 spiro atoms. The van der Waals surface area contributed by atoms with Crippen molar-refractivity contribution in [2.45, 2.75) is 13.8 Å². The van der Waals surface area contributed by atoms with E-state index in [0.29, 0.717) is 36.8 Å². The fourth-order valence-electron chi connectivity index (χ4n) is 2.18. The lowest BCUT2D eigenvalue weighted by molar-refractivity contribution is -0.384. The van der Waals surface area contributed by atoms with Crippen LogP contribution in [0.15, 0.2) is 42.5 Å². The number of aryl methyl sites for hydroxylation is 1. The Labute approximate surface area is 145 Å². The highest BCUT2D eigenvalue weighted by atomic mass is 16.6. The molecule has 0 aliphatic heterocycles. The molecule has 2 aromatic carbocycles. The Kier molecular flexibility index (Phi) is 6.47. The Bertz CT molecular complexity index is 761. The molecule has 7 nitrogen and oxygen atoms in total. The molecule has 1 amide bonds. The predicted molar refractivity (Wildman–Crippen MR) is 94.2 cm³/mol. The molecule has 0 bridgehead atoms. The number of para-hydroxylation sites is 1. The van der Waals surface area contributed by atoms with Crippen molar-refractivity contribution < 1.29 is 19.2 Å². The molecule has 0 unspecified atom stereocenters. The van der Waals surface area contributed by atoms with Crippen LogP contribution in [0, 0.1) is 17.0 Å². The number of benzene rings is 2. The molecule has 0 aliphatic carbocycles. The largest absolute Gasteiger partial charge is 0.490 e. The van der Waals surface area contributed by atoms with Crippen LogP contribution in [-0.4, -0.2) is 30.7 Å². The van der Waals surface area contributed by atoms with Gasteiger partial charge in [-0.3, -0.25) is 14.9 Å². The highest BCUT2D eigenvalue weighted by Crippen LogP contribution is 2.24. The Morgan fingerprint density at radius 2 is 1.96 bits per heavy atom. The molecule has 1 N–H and O–H groups in total. The van der Waals surface area contributed by atoms with Crippen molar-refractivity contribution in [3.05, 3.63) is 63.7 Å². The topological polar surface area (TPSA) is 90.7 Å². The summed E-state index contributed by atoms with van der Waals surface area (Å²) in [6, 6.07) is 11.2. The number of hydrogen-bond donors (Lipinski definition) is 1. The summed E-state index contributed by atoms with van der Waals surface area (Å²) in [7, 11) is 0. The van der Waals surface area contributed by atoms with Gasteiger partial charge in [-0.2, -0.15) is 0 Å². The van der Waals surface area contributed by atoms with E-state index in [-0.39, 0.29) is 5.69 Å². The predicted octanol–water partition coefficient (Wildman–Crippen LogP) is 3.57. The van der Waals surface area contributed by atoms with Crippen LogP contribution in [-0.2, 0) is 4.74 Å². The van der Waals surface area contributed by atoms with Crippen molar-refractivity contribution in [3.8, 4) is 5.75 Å². The molecule has 0 aliphatic rings. The van der Waals surface area contributed by atoms with Gasteiger partial charge in [0.05, 0.1) is 22.8 Å². The van der Waals surface area contributed by atoms with Crippen LogP contribution in [0.3, 0.4) is 0 Å². The summed E-state index contributed by atoms with van der Waals surface area (Å²) in [6.45, 7) is 5.01. The van der Waals surface area contributed by atoms with Crippen LogP contribution >= 0.6 is 0 Å². The van der Waals surface area contributed by atoms with Crippen molar-refractivity contribution in [1.29, 1.82) is 0 Å². The van der Waals surface area contributed by atoms with Crippen molar-refractivity contribution in [3.63, 3.8) is 0 Å². The maximum atomic E-state index is 12.6. The number of nitro groups is 1. The second-order valence-corrected chi connectivity index (χ2v) is 5.25. The number of carbonyl (C=O) groups excluding carboxylic acids is 1. The lowest BCUT2D eigenvalue weighted by Crippen LogP contribution is -2.15. The van der Waals surface area contributed by atoms with Gasteiger partial charge in [-0.15, -0.1) is 0 Å². The van der Waals surface area contributed by atoms with Crippen LogP contribution in [0.5, 0.6) is 5.75 Å². The number of nitrogens with one attached hydrogen (secondary N) is 1. The highest BCUT2D eigenvalue weighted by Gasteiger charge is 2.15. The summed E-state index contributed by atoms with van der Waals surface area (Å²) in [5.41, 5.74) is 1.39. The minimum absolute atomic E-state index is 0.0813. The fraction of sp³-hybridized carbons (Fsp3) is 0.278. The first-order chi connectivity index (χ1) is 12.0. The summed E-state index contributed by atoms with van der Waals surface area (Å²) in [6.07, 6.45) is 0. The van der Waals surface area contributed by atoms with Crippen molar-refractivity contribution >= 4 is 17.3 Å². The average Bonchev–Trinajstić information content (AvgIpc) is 2.60. The van der Waals surface area contributed by atoms with Gasteiger partial charge >= 0.3 is 0 Å². The van der Waals surface area contributed by atoms with Gasteiger partial charge < -0.3 is 14.8 Å². The standard InChI is InChI=1S/C18H20N2O5/c1-3-24-10-11-25-17-7-5-4-6-15(17)18(21)19-16-12-14(20(22)23)9-8-13(16)2/h4-9,12H,3,10-11H2,1-2H3,(H,19,21). The van der Waals surface area contributed by atoms with Gasteiger partial charge in [-0.05, 0) is 31.5 Å². The SMILES string of the molecule is CCOCCOc1ccccc1C(=O)Nc1cc([N+](=O)[O-])ccc1C. The van der Waals surface area contributed by atoms with E-state index >= 15 is 0 Å². The maximum absolute atomic E-state index is 12.6. The number of ether oxygens (including phenoxy) is 2. The van der Waals surface area contributed by atoms with Crippen LogP contribution in [0.4, 0.5) is 11.4 Å². The third-order valence-electron chi connectivity index (χ3n) is 3.50. The number of carbonyl (C=O) groups is 1. The number of rotatable bonds is 8. The molecule has 0 radical (unpaired) electrons. The summed E-state index contributed by atoms with van der Waals surface area (Å²) in [5.74, 6) is 0.0402. The Morgan fingerprint density at radius 1 is 1.20 bits per heavy atom. The van der Waals surface area contributed by atoms with Gasteiger partial charge in [0.2, 0.25) is 0 Å². The van der Waals surface area contributed by atoms with Gasteiger partial charge in [-0.25, -0.2) is 0 Å². The molecule has 0 saturated carbocycles. The molecule has 2 rings (SSSR count). The van der Waals surface area contributed by atoms with Crippen LogP contribution in [0.2, 0.25) is 0 Å². The highest BCUT2D eigenvalue weighted by molar-refractivity contribution is 6.06. The molecular weight excluding hydrogens is 324 g/mol. The van der Waals surface area contributed by atoms with E-state index in [4.69, 9.17) is 9.47 Å². The van der Waals surface area contributed by atoms with E-state index in [0.717, 1.165) is 5.56 Å².